The zero-order valence-corrected chi connectivity index (χ0v) is 27.8. The maximum Gasteiger partial charge on any atom is 0.406 e. The highest BCUT2D eigenvalue weighted by Gasteiger charge is 2.25. The number of aryl methyl sites for hydroxylation is 1. The van der Waals surface area contributed by atoms with Crippen LogP contribution in [0.4, 0.5) is 16.2 Å². The predicted octanol–water partition coefficient (Wildman–Crippen LogP) is 7.39. The van der Waals surface area contributed by atoms with Gasteiger partial charge in [-0.3, -0.25) is 14.6 Å². The van der Waals surface area contributed by atoms with Crippen LogP contribution in [-0.4, -0.2) is 63.0 Å². The summed E-state index contributed by atoms with van der Waals surface area (Å²) < 4.78 is 10.8. The van der Waals surface area contributed by atoms with E-state index in [1.54, 1.807) is 0 Å². The van der Waals surface area contributed by atoms with E-state index in [9.17, 15) is 9.59 Å². The second-order valence-corrected chi connectivity index (χ2v) is 13.6. The maximum atomic E-state index is 12.3. The summed E-state index contributed by atoms with van der Waals surface area (Å²) in [5.41, 5.74) is 8.30. The van der Waals surface area contributed by atoms with Gasteiger partial charge in [0.15, 0.2) is 6.73 Å². The molecule has 0 atom stereocenters. The summed E-state index contributed by atoms with van der Waals surface area (Å²) >= 11 is 12.5. The third-order valence-corrected chi connectivity index (χ3v) is 8.20. The average Bonchev–Trinajstić information content (AvgIpc) is 2.93. The number of nitrogens with zero attached hydrogens (tertiary/aromatic N) is 3. The summed E-state index contributed by atoms with van der Waals surface area (Å²) in [5.74, 6) is 1.43. The molecule has 10 heteroatoms. The molecule has 2 heterocycles. The van der Waals surface area contributed by atoms with Gasteiger partial charge in [0, 0.05) is 38.7 Å². The monoisotopic (exact) mass is 634 g/mol. The number of rotatable bonds is 10. The molecule has 0 bridgehead atoms. The minimum Gasteiger partial charge on any atom is -0.494 e. The SMILES string of the molecule is CC(C)CC(C)(C)C.NC(=O)OCN1C(=O)CCc2ccc(OCCCCN3CCN(c4cccc(Cl)c4Cl)CC3)cc21. The number of carbonyl (C=O) groups excluding carboxylic acids is 2. The second-order valence-electron chi connectivity index (χ2n) is 12.8. The van der Waals surface area contributed by atoms with Crippen molar-refractivity contribution in [2.45, 2.75) is 66.7 Å². The van der Waals surface area contributed by atoms with Crippen LogP contribution in [0.25, 0.3) is 0 Å². The molecule has 0 unspecified atom stereocenters. The molecule has 238 valence electrons. The van der Waals surface area contributed by atoms with Gasteiger partial charge in [-0.1, -0.05) is 70.0 Å². The first-order chi connectivity index (χ1) is 20.3. The van der Waals surface area contributed by atoms with Crippen molar-refractivity contribution < 1.29 is 19.1 Å². The molecule has 43 heavy (non-hydrogen) atoms. The number of hydrogen-bond acceptors (Lipinski definition) is 6. The summed E-state index contributed by atoms with van der Waals surface area (Å²) in [6.07, 6.45) is 3.39. The summed E-state index contributed by atoms with van der Waals surface area (Å²) in [7, 11) is 0. The van der Waals surface area contributed by atoms with E-state index < -0.39 is 6.09 Å². The molecule has 2 amide bonds. The van der Waals surface area contributed by atoms with Crippen LogP contribution >= 0.6 is 23.2 Å². The minimum atomic E-state index is -0.910. The standard InChI is InChI=1S/C25H30Cl2N4O4.C8H18/c26-20-4-3-5-21(24(20)27)30-13-11-29(12-14-30)10-1-2-15-34-19-8-6-18-7-9-23(32)31(22(18)16-19)17-35-25(28)33;1-7(2)6-8(3,4)5/h3-6,8,16H,1-2,7,9-15,17H2,(H2,28,33);7H,6H2,1-5H3. The average molecular weight is 636 g/mol. The van der Waals surface area contributed by atoms with Crippen molar-refractivity contribution in [2.75, 3.05) is 55.9 Å². The highest BCUT2D eigenvalue weighted by molar-refractivity contribution is 6.43. The third-order valence-electron chi connectivity index (χ3n) is 7.39. The van der Waals surface area contributed by atoms with Gasteiger partial charge in [-0.05, 0) is 67.3 Å². The molecule has 2 aliphatic heterocycles. The van der Waals surface area contributed by atoms with Crippen molar-refractivity contribution in [3.05, 3.63) is 52.0 Å². The third kappa shape index (κ3) is 11.4. The first kappa shape index (κ1) is 34.8. The number of piperazine rings is 1. The molecule has 0 aliphatic carbocycles. The van der Waals surface area contributed by atoms with Crippen molar-refractivity contribution in [3.8, 4) is 5.75 Å². The first-order valence-corrected chi connectivity index (χ1v) is 16.0. The molecule has 2 aromatic carbocycles. The number of unbranched alkanes of at least 4 members (excludes halogenated alkanes) is 1. The largest absolute Gasteiger partial charge is 0.494 e. The van der Waals surface area contributed by atoms with E-state index in [1.807, 2.05) is 36.4 Å². The number of carbonyl (C=O) groups is 2. The van der Waals surface area contributed by atoms with Crippen LogP contribution in [0, 0.1) is 11.3 Å². The molecule has 2 N–H and O–H groups in total. The number of hydrogen-bond donors (Lipinski definition) is 1. The van der Waals surface area contributed by atoms with Crippen molar-refractivity contribution >= 4 is 46.6 Å². The van der Waals surface area contributed by atoms with Gasteiger partial charge in [-0.2, -0.15) is 0 Å². The Labute approximate surface area is 267 Å². The molecule has 0 saturated carbocycles. The lowest BCUT2D eigenvalue weighted by atomic mass is 9.86. The minimum absolute atomic E-state index is 0.103. The van der Waals surface area contributed by atoms with Gasteiger partial charge < -0.3 is 20.1 Å². The summed E-state index contributed by atoms with van der Waals surface area (Å²) in [5, 5.41) is 1.21. The number of anilines is 2. The number of amides is 2. The summed E-state index contributed by atoms with van der Waals surface area (Å²) in [6.45, 7) is 16.6. The number of benzene rings is 2. The van der Waals surface area contributed by atoms with E-state index in [-0.39, 0.29) is 12.6 Å². The maximum absolute atomic E-state index is 12.3. The van der Waals surface area contributed by atoms with Gasteiger partial charge in [-0.15, -0.1) is 0 Å². The molecule has 1 saturated heterocycles. The zero-order chi connectivity index (χ0) is 31.6. The van der Waals surface area contributed by atoms with Crippen LogP contribution < -0.4 is 20.3 Å². The first-order valence-electron chi connectivity index (χ1n) is 15.2. The Morgan fingerprint density at radius 1 is 1.00 bits per heavy atom. The number of halogens is 2. The molecular weight excluding hydrogens is 587 g/mol. The Bertz CT molecular complexity index is 1210. The van der Waals surface area contributed by atoms with Crippen molar-refractivity contribution in [1.82, 2.24) is 4.90 Å². The van der Waals surface area contributed by atoms with Crippen LogP contribution in [0.2, 0.25) is 10.0 Å². The summed E-state index contributed by atoms with van der Waals surface area (Å²) in [4.78, 5) is 29.4. The lowest BCUT2D eigenvalue weighted by Crippen LogP contribution is -2.46. The molecule has 4 rings (SSSR count). The quantitative estimate of drug-likeness (QED) is 0.274. The smallest absolute Gasteiger partial charge is 0.406 e. The lowest BCUT2D eigenvalue weighted by Gasteiger charge is -2.36. The van der Waals surface area contributed by atoms with E-state index in [2.05, 4.69) is 44.4 Å². The Morgan fingerprint density at radius 3 is 2.35 bits per heavy atom. The predicted molar refractivity (Wildman–Crippen MR) is 177 cm³/mol. The molecule has 0 radical (unpaired) electrons. The highest BCUT2D eigenvalue weighted by Crippen LogP contribution is 2.33. The van der Waals surface area contributed by atoms with Crippen LogP contribution in [0.5, 0.6) is 5.75 Å². The normalized spacial score (nSPS) is 15.6. The van der Waals surface area contributed by atoms with Crippen LogP contribution in [-0.2, 0) is 16.0 Å². The molecule has 1 fully saturated rings. The van der Waals surface area contributed by atoms with Gasteiger partial charge in [-0.25, -0.2) is 4.79 Å². The number of primary amides is 1. The van der Waals surface area contributed by atoms with E-state index in [0.29, 0.717) is 46.3 Å². The Kier molecular flexibility index (Phi) is 13.3. The topological polar surface area (TPSA) is 88.3 Å². The van der Waals surface area contributed by atoms with Crippen molar-refractivity contribution in [2.24, 2.45) is 17.1 Å². The molecular formula is C33H48Cl2N4O4. The Hall–Kier alpha value is -2.68. The van der Waals surface area contributed by atoms with Gasteiger partial charge in [0.05, 0.1) is 28.0 Å². The van der Waals surface area contributed by atoms with E-state index in [4.69, 9.17) is 38.4 Å². The van der Waals surface area contributed by atoms with Crippen LogP contribution in [0.15, 0.2) is 36.4 Å². The fourth-order valence-corrected chi connectivity index (χ4v) is 6.09. The van der Waals surface area contributed by atoms with Crippen molar-refractivity contribution in [3.63, 3.8) is 0 Å². The molecule has 2 aromatic rings. The number of fused-ring (bicyclic) bond motifs is 1. The molecule has 8 nitrogen and oxygen atoms in total. The van der Waals surface area contributed by atoms with E-state index >= 15 is 0 Å². The lowest BCUT2D eigenvalue weighted by molar-refractivity contribution is -0.119. The van der Waals surface area contributed by atoms with Crippen LogP contribution in [0.3, 0.4) is 0 Å². The van der Waals surface area contributed by atoms with Crippen molar-refractivity contribution in [1.29, 1.82) is 0 Å². The molecule has 0 aromatic heterocycles. The van der Waals surface area contributed by atoms with Gasteiger partial charge in [0.2, 0.25) is 5.91 Å². The Morgan fingerprint density at radius 2 is 1.72 bits per heavy atom. The molecule has 2 aliphatic rings. The number of ether oxygens (including phenoxy) is 2. The zero-order valence-electron chi connectivity index (χ0n) is 26.3. The summed E-state index contributed by atoms with van der Waals surface area (Å²) in [6, 6.07) is 11.5. The number of nitrogens with two attached hydrogens (primary N) is 1. The van der Waals surface area contributed by atoms with E-state index in [1.165, 1.54) is 11.3 Å². The fraction of sp³-hybridized carbons (Fsp3) is 0.576. The van der Waals surface area contributed by atoms with Crippen LogP contribution in [0.1, 0.15) is 65.9 Å². The van der Waals surface area contributed by atoms with E-state index in [0.717, 1.165) is 62.7 Å². The highest BCUT2D eigenvalue weighted by atomic mass is 35.5. The Balaban J connectivity index is 0.000000557. The molecule has 0 spiro atoms. The van der Waals surface area contributed by atoms with Gasteiger partial charge >= 0.3 is 6.09 Å². The second kappa shape index (κ2) is 16.4. The van der Waals surface area contributed by atoms with Gasteiger partial charge in [0.1, 0.15) is 5.75 Å². The fourth-order valence-electron chi connectivity index (χ4n) is 5.68. The van der Waals surface area contributed by atoms with Gasteiger partial charge in [0.25, 0.3) is 0 Å².